The van der Waals surface area contributed by atoms with Crippen LogP contribution in [-0.2, 0) is 4.79 Å². The van der Waals surface area contributed by atoms with E-state index in [1.54, 1.807) is 38.5 Å². The lowest BCUT2D eigenvalue weighted by Gasteiger charge is -2.19. The first-order chi connectivity index (χ1) is 15.4. The smallest absolute Gasteiger partial charge is 0.234 e. The molecule has 1 aromatic heterocycles. The molecule has 1 unspecified atom stereocenters. The Bertz CT molecular complexity index is 1020. The van der Waals surface area contributed by atoms with Crippen molar-refractivity contribution in [2.45, 2.75) is 38.1 Å². The number of nitrogens with zero attached hydrogens (tertiary/aromatic N) is 3. The number of ether oxygens (including phenoxy) is 3. The van der Waals surface area contributed by atoms with Gasteiger partial charge in [-0.2, -0.15) is 0 Å². The Morgan fingerprint density at radius 2 is 1.50 bits per heavy atom. The van der Waals surface area contributed by atoms with Crippen LogP contribution in [0.3, 0.4) is 0 Å². The summed E-state index contributed by atoms with van der Waals surface area (Å²) in [5.74, 6) is 3.01. The summed E-state index contributed by atoms with van der Waals surface area (Å²) in [6.07, 6.45) is -0.319. The van der Waals surface area contributed by atoms with Crippen molar-refractivity contribution >= 4 is 23.4 Å². The lowest BCUT2D eigenvalue weighted by molar-refractivity contribution is -0.113. The number of amides is 1. The maximum atomic E-state index is 12.4. The highest BCUT2D eigenvalue weighted by atomic mass is 32.2. The van der Waals surface area contributed by atoms with Gasteiger partial charge in [-0.25, -0.2) is 0 Å². The Morgan fingerprint density at radius 3 is 2.06 bits per heavy atom. The van der Waals surface area contributed by atoms with Crippen LogP contribution in [0.5, 0.6) is 17.2 Å². The fraction of sp³-hybridized carbons (Fsp3) is 0.348. The zero-order valence-corrected chi connectivity index (χ0v) is 19.7. The number of anilines is 1. The van der Waals surface area contributed by atoms with Crippen LogP contribution in [0.15, 0.2) is 53.7 Å². The number of hydrogen-bond donors (Lipinski definition) is 1. The average Bonchev–Trinajstić information content (AvgIpc) is 3.23. The van der Waals surface area contributed by atoms with Crippen molar-refractivity contribution in [1.29, 1.82) is 0 Å². The first kappa shape index (κ1) is 23.5. The highest BCUT2D eigenvalue weighted by Crippen LogP contribution is 2.28. The summed E-state index contributed by atoms with van der Waals surface area (Å²) in [5.41, 5.74) is 0.712. The van der Waals surface area contributed by atoms with Gasteiger partial charge in [-0.3, -0.25) is 4.79 Å². The molecule has 3 aromatic rings. The van der Waals surface area contributed by atoms with Crippen molar-refractivity contribution in [2.24, 2.45) is 0 Å². The molecule has 0 aliphatic heterocycles. The van der Waals surface area contributed by atoms with E-state index < -0.39 is 0 Å². The second kappa shape index (κ2) is 10.9. The summed E-state index contributed by atoms with van der Waals surface area (Å²) in [7, 11) is 3.23. The van der Waals surface area contributed by atoms with Crippen molar-refractivity contribution in [3.8, 4) is 17.2 Å². The van der Waals surface area contributed by atoms with Gasteiger partial charge in [-0.15, -0.1) is 10.2 Å². The van der Waals surface area contributed by atoms with Crippen molar-refractivity contribution < 1.29 is 19.0 Å². The van der Waals surface area contributed by atoms with E-state index in [1.807, 2.05) is 35.8 Å². The van der Waals surface area contributed by atoms with Crippen molar-refractivity contribution in [1.82, 2.24) is 14.8 Å². The maximum absolute atomic E-state index is 12.4. The minimum absolute atomic E-state index is 0.106. The molecule has 0 bridgehead atoms. The van der Waals surface area contributed by atoms with E-state index in [0.29, 0.717) is 22.4 Å². The molecule has 0 radical (unpaired) electrons. The number of hydrogen-bond acceptors (Lipinski definition) is 7. The molecule has 9 heteroatoms. The Morgan fingerprint density at radius 1 is 0.938 bits per heavy atom. The van der Waals surface area contributed by atoms with Crippen LogP contribution in [-0.4, -0.2) is 40.6 Å². The average molecular weight is 457 g/mol. The lowest BCUT2D eigenvalue weighted by atomic mass is 10.3. The fourth-order valence-electron chi connectivity index (χ4n) is 3.06. The van der Waals surface area contributed by atoms with Gasteiger partial charge in [-0.1, -0.05) is 11.8 Å². The zero-order chi connectivity index (χ0) is 23.1. The van der Waals surface area contributed by atoms with Gasteiger partial charge in [0.15, 0.2) is 17.1 Å². The first-order valence-electron chi connectivity index (χ1n) is 10.2. The molecule has 2 aromatic carbocycles. The predicted molar refractivity (Wildman–Crippen MR) is 125 cm³/mol. The summed E-state index contributed by atoms with van der Waals surface area (Å²) >= 11 is 1.34. The predicted octanol–water partition coefficient (Wildman–Crippen LogP) is 4.75. The Kier molecular flexibility index (Phi) is 7.99. The number of thioether (sulfide) groups is 1. The minimum atomic E-state index is -0.319. The summed E-state index contributed by atoms with van der Waals surface area (Å²) in [6, 6.07) is 14.7. The van der Waals surface area contributed by atoms with Crippen LogP contribution >= 0.6 is 11.8 Å². The molecule has 0 fully saturated rings. The number of rotatable bonds is 10. The normalized spacial score (nSPS) is 11.8. The van der Waals surface area contributed by atoms with E-state index in [9.17, 15) is 4.79 Å². The van der Waals surface area contributed by atoms with Gasteiger partial charge in [0.25, 0.3) is 0 Å². The first-order valence-corrected chi connectivity index (χ1v) is 11.2. The van der Waals surface area contributed by atoms with Crippen LogP contribution < -0.4 is 19.5 Å². The molecule has 0 saturated heterocycles. The molecule has 1 amide bonds. The molecular weight excluding hydrogens is 428 g/mol. The second-order valence-electron chi connectivity index (χ2n) is 7.31. The number of carbonyl (C=O) groups excluding carboxylic acids is 1. The Balaban J connectivity index is 1.64. The van der Waals surface area contributed by atoms with Gasteiger partial charge in [0, 0.05) is 11.7 Å². The van der Waals surface area contributed by atoms with Gasteiger partial charge in [0.1, 0.15) is 17.2 Å². The van der Waals surface area contributed by atoms with Gasteiger partial charge in [0.2, 0.25) is 5.91 Å². The molecule has 0 aliphatic rings. The zero-order valence-electron chi connectivity index (χ0n) is 18.9. The van der Waals surface area contributed by atoms with Crippen LogP contribution in [0.1, 0.15) is 38.7 Å². The van der Waals surface area contributed by atoms with E-state index in [1.165, 1.54) is 11.8 Å². The molecule has 3 rings (SSSR count). The lowest BCUT2D eigenvalue weighted by Crippen LogP contribution is -2.16. The SMILES string of the molecule is COc1ccc(NC(=O)CSc2nnc(C(C)Oc3ccc(OC)cc3)n2C(C)C)cc1. The van der Waals surface area contributed by atoms with E-state index in [0.717, 1.165) is 11.5 Å². The number of methoxy groups -OCH3 is 2. The number of aromatic nitrogens is 3. The van der Waals surface area contributed by atoms with E-state index >= 15 is 0 Å². The van der Waals surface area contributed by atoms with Gasteiger partial charge in [0.05, 0.1) is 20.0 Å². The van der Waals surface area contributed by atoms with Gasteiger partial charge < -0.3 is 24.1 Å². The molecule has 0 aliphatic carbocycles. The van der Waals surface area contributed by atoms with Gasteiger partial charge >= 0.3 is 0 Å². The molecular formula is C23H28N4O4S. The van der Waals surface area contributed by atoms with E-state index in [4.69, 9.17) is 14.2 Å². The van der Waals surface area contributed by atoms with Gasteiger partial charge in [-0.05, 0) is 69.3 Å². The van der Waals surface area contributed by atoms with Crippen molar-refractivity contribution in [2.75, 3.05) is 25.3 Å². The summed E-state index contributed by atoms with van der Waals surface area (Å²) in [6.45, 7) is 6.03. The second-order valence-corrected chi connectivity index (χ2v) is 8.25. The number of benzene rings is 2. The molecule has 1 N–H and O–H groups in total. The molecule has 0 spiro atoms. The highest BCUT2D eigenvalue weighted by molar-refractivity contribution is 7.99. The molecule has 32 heavy (non-hydrogen) atoms. The quantitative estimate of drug-likeness (QED) is 0.441. The third-order valence-corrected chi connectivity index (χ3v) is 5.59. The third kappa shape index (κ3) is 5.94. The van der Waals surface area contributed by atoms with Crippen LogP contribution in [0, 0.1) is 0 Å². The Labute approximate surface area is 192 Å². The van der Waals surface area contributed by atoms with E-state index in [2.05, 4.69) is 29.4 Å². The maximum Gasteiger partial charge on any atom is 0.234 e. The van der Waals surface area contributed by atoms with Crippen LogP contribution in [0.2, 0.25) is 0 Å². The number of carbonyl (C=O) groups is 1. The minimum Gasteiger partial charge on any atom is -0.497 e. The van der Waals surface area contributed by atoms with Crippen LogP contribution in [0.25, 0.3) is 0 Å². The summed E-state index contributed by atoms with van der Waals surface area (Å²) in [4.78, 5) is 12.4. The Hall–Kier alpha value is -3.20. The van der Waals surface area contributed by atoms with Crippen LogP contribution in [0.4, 0.5) is 5.69 Å². The fourth-order valence-corrected chi connectivity index (χ4v) is 3.94. The molecule has 0 saturated carbocycles. The van der Waals surface area contributed by atoms with Crippen molar-refractivity contribution in [3.63, 3.8) is 0 Å². The summed E-state index contributed by atoms with van der Waals surface area (Å²) < 4.78 is 18.4. The van der Waals surface area contributed by atoms with Crippen molar-refractivity contribution in [3.05, 3.63) is 54.4 Å². The highest BCUT2D eigenvalue weighted by Gasteiger charge is 2.22. The monoisotopic (exact) mass is 456 g/mol. The third-order valence-electron chi connectivity index (χ3n) is 4.65. The van der Waals surface area contributed by atoms with E-state index in [-0.39, 0.29) is 23.8 Å². The molecule has 1 heterocycles. The molecule has 8 nitrogen and oxygen atoms in total. The topological polar surface area (TPSA) is 87.5 Å². The molecule has 1 atom stereocenters. The largest absolute Gasteiger partial charge is 0.497 e. The molecule has 170 valence electrons. The number of nitrogens with one attached hydrogen (secondary N) is 1. The summed E-state index contributed by atoms with van der Waals surface area (Å²) in [5, 5.41) is 12.2. The standard InChI is InChI=1S/C23H28N4O4S/c1-15(2)27-22(16(3)31-20-12-10-19(30-5)11-13-20)25-26-23(27)32-14-21(28)24-17-6-8-18(29-4)9-7-17/h6-13,15-16H,14H2,1-5H3,(H,24,28).